The summed E-state index contributed by atoms with van der Waals surface area (Å²) in [7, 11) is 1.55. The number of benzene rings is 1. The fourth-order valence-corrected chi connectivity index (χ4v) is 4.12. The molecule has 2 aromatic rings. The third kappa shape index (κ3) is 5.37. The van der Waals surface area contributed by atoms with Crippen LogP contribution in [0.4, 0.5) is 4.79 Å². The van der Waals surface area contributed by atoms with Crippen molar-refractivity contribution in [3.05, 3.63) is 64.3 Å². The molecule has 1 aromatic carbocycles. The van der Waals surface area contributed by atoms with Gasteiger partial charge in [-0.3, -0.25) is 0 Å². The Balaban J connectivity index is 1.53. The maximum atomic E-state index is 12.8. The normalized spacial score (nSPS) is 18.8. The number of hydrogen-bond donors (Lipinski definition) is 2. The van der Waals surface area contributed by atoms with Crippen LogP contribution in [0, 0.1) is 6.92 Å². The summed E-state index contributed by atoms with van der Waals surface area (Å²) in [5.41, 5.74) is 1.89. The van der Waals surface area contributed by atoms with E-state index in [1.807, 2.05) is 19.1 Å². The molecule has 2 N–H and O–H groups in total. The minimum atomic E-state index is -0.895. The number of carbonyl (C=O) groups is 3. The van der Waals surface area contributed by atoms with Gasteiger partial charge in [-0.1, -0.05) is 0 Å². The summed E-state index contributed by atoms with van der Waals surface area (Å²) < 4.78 is 27.4. The molecular weight excluding hydrogens is 468 g/mol. The number of aryl methyl sites for hydroxylation is 1. The maximum absolute atomic E-state index is 12.8. The minimum absolute atomic E-state index is 0.0740. The van der Waals surface area contributed by atoms with Crippen molar-refractivity contribution in [2.24, 2.45) is 0 Å². The summed E-state index contributed by atoms with van der Waals surface area (Å²) >= 11 is 0. The molecule has 10 heteroatoms. The van der Waals surface area contributed by atoms with Crippen LogP contribution in [0.1, 0.15) is 42.5 Å². The molecule has 0 bridgehead atoms. The van der Waals surface area contributed by atoms with Crippen LogP contribution in [0.25, 0.3) is 6.08 Å². The largest absolute Gasteiger partial charge is 0.496 e. The van der Waals surface area contributed by atoms with E-state index in [2.05, 4.69) is 10.6 Å². The molecule has 4 rings (SSSR count). The number of esters is 2. The number of urea groups is 1. The van der Waals surface area contributed by atoms with E-state index in [-0.39, 0.29) is 30.6 Å². The van der Waals surface area contributed by atoms with Gasteiger partial charge in [-0.15, -0.1) is 0 Å². The fraction of sp³-hybridized carbons (Fsp3) is 0.346. The predicted molar refractivity (Wildman–Crippen MR) is 128 cm³/mol. The van der Waals surface area contributed by atoms with Gasteiger partial charge in [0.2, 0.25) is 0 Å². The van der Waals surface area contributed by atoms with Crippen LogP contribution in [0.5, 0.6) is 11.5 Å². The quantitative estimate of drug-likeness (QED) is 0.421. The topological polar surface area (TPSA) is 125 Å². The monoisotopic (exact) mass is 496 g/mol. The zero-order chi connectivity index (χ0) is 25.8. The van der Waals surface area contributed by atoms with E-state index in [1.165, 1.54) is 6.08 Å². The van der Waals surface area contributed by atoms with Crippen LogP contribution < -0.4 is 20.1 Å². The van der Waals surface area contributed by atoms with Gasteiger partial charge in [-0.05, 0) is 51.1 Å². The van der Waals surface area contributed by atoms with Crippen LogP contribution >= 0.6 is 0 Å². The second-order valence-electron chi connectivity index (χ2n) is 8.37. The summed E-state index contributed by atoms with van der Waals surface area (Å²) in [6, 6.07) is 5.61. The van der Waals surface area contributed by atoms with Crippen molar-refractivity contribution in [3.63, 3.8) is 0 Å². The summed E-state index contributed by atoms with van der Waals surface area (Å²) in [6.45, 7) is 5.17. The molecule has 0 unspecified atom stereocenters. The zero-order valence-electron chi connectivity index (χ0n) is 20.5. The Hall–Kier alpha value is -4.21. The Bertz CT molecular complexity index is 1240. The molecule has 36 heavy (non-hydrogen) atoms. The molecule has 0 spiro atoms. The number of fused-ring (bicyclic) bond motifs is 1. The average Bonchev–Trinajstić information content (AvgIpc) is 3.44. The Kier molecular flexibility index (Phi) is 7.33. The van der Waals surface area contributed by atoms with E-state index in [9.17, 15) is 14.4 Å². The molecule has 2 atom stereocenters. The first-order chi connectivity index (χ1) is 17.3. The minimum Gasteiger partial charge on any atom is -0.496 e. The molecule has 1 aromatic heterocycles. The lowest BCUT2D eigenvalue weighted by molar-refractivity contribution is -0.140. The SMILES string of the molecule is CCOC(=O)C1=C(COC(=O)/C=C/c2cc3c(cc2OC)C[C@@H](C)O3)NC(=O)N[C@@H]1c1ccc(C)o1. The summed E-state index contributed by atoms with van der Waals surface area (Å²) in [6.07, 6.45) is 3.66. The number of rotatable bonds is 8. The number of amides is 2. The van der Waals surface area contributed by atoms with Gasteiger partial charge in [0.25, 0.3) is 0 Å². The first kappa shape index (κ1) is 24.9. The zero-order valence-corrected chi connectivity index (χ0v) is 20.5. The van der Waals surface area contributed by atoms with Crippen molar-refractivity contribution in [1.29, 1.82) is 0 Å². The van der Waals surface area contributed by atoms with Gasteiger partial charge in [-0.2, -0.15) is 0 Å². The second kappa shape index (κ2) is 10.6. The Labute approximate surface area is 208 Å². The van der Waals surface area contributed by atoms with Gasteiger partial charge in [-0.25, -0.2) is 14.4 Å². The molecule has 2 aliphatic rings. The average molecular weight is 497 g/mol. The number of carbonyl (C=O) groups excluding carboxylic acids is 3. The molecule has 10 nitrogen and oxygen atoms in total. The molecule has 0 aliphatic carbocycles. The standard InChI is InChI=1S/C26H28N2O8/c1-5-33-25(30)23-18(27-26(31)28-24(23)19-8-6-14(2)35-19)13-34-22(29)9-7-16-11-21-17(10-15(3)36-21)12-20(16)32-4/h6-9,11-12,15,24H,5,10,13H2,1-4H3,(H2,27,28,31)/b9-7+/t15-,24-/m1/s1. The highest BCUT2D eigenvalue weighted by Gasteiger charge is 2.36. The lowest BCUT2D eigenvalue weighted by Gasteiger charge is -2.27. The van der Waals surface area contributed by atoms with Gasteiger partial charge < -0.3 is 34.0 Å². The first-order valence-electron chi connectivity index (χ1n) is 11.6. The summed E-state index contributed by atoms with van der Waals surface area (Å²) in [5.74, 6) is 0.973. The number of hydrogen-bond acceptors (Lipinski definition) is 8. The molecule has 2 amide bonds. The number of nitrogens with one attached hydrogen (secondary N) is 2. The van der Waals surface area contributed by atoms with E-state index in [0.29, 0.717) is 22.8 Å². The van der Waals surface area contributed by atoms with Crippen molar-refractivity contribution in [2.75, 3.05) is 20.3 Å². The van der Waals surface area contributed by atoms with Crippen molar-refractivity contribution in [2.45, 2.75) is 39.3 Å². The number of ether oxygens (including phenoxy) is 4. The van der Waals surface area contributed by atoms with E-state index in [1.54, 1.807) is 39.2 Å². The van der Waals surface area contributed by atoms with Crippen LogP contribution in [-0.4, -0.2) is 44.4 Å². The van der Waals surface area contributed by atoms with E-state index in [4.69, 9.17) is 23.4 Å². The second-order valence-corrected chi connectivity index (χ2v) is 8.37. The molecule has 2 aliphatic heterocycles. The molecule has 0 radical (unpaired) electrons. The molecule has 190 valence electrons. The van der Waals surface area contributed by atoms with E-state index < -0.39 is 24.0 Å². The molecule has 0 saturated heterocycles. The van der Waals surface area contributed by atoms with E-state index in [0.717, 1.165) is 17.7 Å². The van der Waals surface area contributed by atoms with Gasteiger partial charge in [0.15, 0.2) is 0 Å². The first-order valence-corrected chi connectivity index (χ1v) is 11.6. The van der Waals surface area contributed by atoms with Gasteiger partial charge in [0.05, 0.1) is 25.0 Å². The third-order valence-corrected chi connectivity index (χ3v) is 5.70. The lowest BCUT2D eigenvalue weighted by atomic mass is 10.0. The fourth-order valence-electron chi connectivity index (χ4n) is 4.12. The van der Waals surface area contributed by atoms with Crippen LogP contribution in [0.3, 0.4) is 0 Å². The van der Waals surface area contributed by atoms with Crippen molar-refractivity contribution in [3.8, 4) is 11.5 Å². The highest BCUT2D eigenvalue weighted by atomic mass is 16.5. The van der Waals surface area contributed by atoms with Crippen molar-refractivity contribution >= 4 is 24.0 Å². The molecule has 0 saturated carbocycles. The van der Waals surface area contributed by atoms with E-state index >= 15 is 0 Å². The highest BCUT2D eigenvalue weighted by molar-refractivity contribution is 5.95. The molecule has 0 fully saturated rings. The molecular formula is C26H28N2O8. The van der Waals surface area contributed by atoms with Crippen LogP contribution in [-0.2, 0) is 25.5 Å². The van der Waals surface area contributed by atoms with Crippen LogP contribution in [0.15, 0.2) is 46.0 Å². The summed E-state index contributed by atoms with van der Waals surface area (Å²) in [4.78, 5) is 37.6. The smallest absolute Gasteiger partial charge is 0.338 e. The predicted octanol–water partition coefficient (Wildman–Crippen LogP) is 3.35. The van der Waals surface area contributed by atoms with Crippen LogP contribution in [0.2, 0.25) is 0 Å². The number of furan rings is 1. The number of methoxy groups -OCH3 is 1. The molecule has 3 heterocycles. The Morgan fingerprint density at radius 3 is 2.72 bits per heavy atom. The highest BCUT2D eigenvalue weighted by Crippen LogP contribution is 2.35. The summed E-state index contributed by atoms with van der Waals surface area (Å²) in [5, 5.41) is 5.19. The third-order valence-electron chi connectivity index (χ3n) is 5.70. The van der Waals surface area contributed by atoms with Gasteiger partial charge in [0.1, 0.15) is 41.8 Å². The van der Waals surface area contributed by atoms with Crippen molar-refractivity contribution < 1.29 is 37.7 Å². The maximum Gasteiger partial charge on any atom is 0.338 e. The van der Waals surface area contributed by atoms with Gasteiger partial charge >= 0.3 is 18.0 Å². The van der Waals surface area contributed by atoms with Gasteiger partial charge in [0, 0.05) is 23.6 Å². The van der Waals surface area contributed by atoms with Crippen molar-refractivity contribution in [1.82, 2.24) is 10.6 Å². The Morgan fingerprint density at radius 1 is 1.22 bits per heavy atom. The lowest BCUT2D eigenvalue weighted by Crippen LogP contribution is -2.47. The Morgan fingerprint density at radius 2 is 2.03 bits per heavy atom.